The van der Waals surface area contributed by atoms with E-state index < -0.39 is 78.4 Å². The minimum atomic E-state index is -4.00. The topological polar surface area (TPSA) is 186 Å². The molecule has 1 saturated heterocycles. The van der Waals surface area contributed by atoms with Gasteiger partial charge in [0.15, 0.2) is 0 Å². The summed E-state index contributed by atoms with van der Waals surface area (Å²) in [7, 11) is -2.97. The lowest BCUT2D eigenvalue weighted by Gasteiger charge is -2.36. The molecule has 3 N–H and O–H groups in total. The van der Waals surface area contributed by atoms with Crippen LogP contribution >= 0.6 is 0 Å². The molecule has 0 spiro atoms. The molecule has 0 aliphatic carbocycles. The number of amides is 3. The first kappa shape index (κ1) is 40.8. The van der Waals surface area contributed by atoms with Crippen molar-refractivity contribution in [1.82, 2.24) is 19.4 Å². The first-order valence-electron chi connectivity index (χ1n) is 16.2. The van der Waals surface area contributed by atoms with Gasteiger partial charge in [0.2, 0.25) is 27.7 Å². The molecule has 1 aromatic carbocycles. The summed E-state index contributed by atoms with van der Waals surface area (Å²) >= 11 is 0. The second kappa shape index (κ2) is 18.4. The second-order valence-electron chi connectivity index (χ2n) is 13.7. The number of nitrogens with one attached hydrogen (secondary N) is 1. The van der Waals surface area contributed by atoms with E-state index >= 15 is 0 Å². The monoisotopic (exact) mass is 711 g/mol. The summed E-state index contributed by atoms with van der Waals surface area (Å²) in [6.07, 6.45) is 1.59. The van der Waals surface area contributed by atoms with Crippen molar-refractivity contribution in [3.8, 4) is 0 Å². The minimum absolute atomic E-state index is 0.0154. The van der Waals surface area contributed by atoms with Crippen molar-refractivity contribution in [2.45, 2.75) is 83.5 Å². The van der Waals surface area contributed by atoms with Crippen molar-refractivity contribution in [2.24, 2.45) is 11.7 Å². The highest BCUT2D eigenvalue weighted by Gasteiger charge is 2.40. The molecular formula is C32H53N5O9SSi. The van der Waals surface area contributed by atoms with Crippen molar-refractivity contribution in [2.75, 3.05) is 46.1 Å². The molecule has 16 heteroatoms. The summed E-state index contributed by atoms with van der Waals surface area (Å²) < 4.78 is 40.0. The molecule has 3 atom stereocenters. The Morgan fingerprint density at radius 1 is 1.02 bits per heavy atom. The predicted molar refractivity (Wildman–Crippen MR) is 183 cm³/mol. The summed E-state index contributed by atoms with van der Waals surface area (Å²) in [6, 6.07) is 5.96. The van der Waals surface area contributed by atoms with Gasteiger partial charge in [0.1, 0.15) is 31.3 Å². The number of esters is 2. The number of ether oxygens (including phenoxy) is 2. The molecular weight excluding hydrogens is 659 g/mol. The summed E-state index contributed by atoms with van der Waals surface area (Å²) in [5.41, 5.74) is 6.16. The smallest absolute Gasteiger partial charge is 0.329 e. The van der Waals surface area contributed by atoms with Gasteiger partial charge in [-0.05, 0) is 36.8 Å². The lowest BCUT2D eigenvalue weighted by molar-refractivity contribution is -0.162. The van der Waals surface area contributed by atoms with Crippen molar-refractivity contribution in [3.63, 3.8) is 0 Å². The SMILES string of the molecule is CC(C)[C@@H](C(=O)OC[C@@H](NS(=O)(=O)CC[Si](C)(C)C)C(=O)N1CCCC[C@H]1C(=O)OCc1ccccc1)N(C)C(=O)CN(C)C(=O)CN. The van der Waals surface area contributed by atoms with Gasteiger partial charge < -0.3 is 29.9 Å². The number of sulfonamides is 1. The van der Waals surface area contributed by atoms with Crippen LogP contribution in [0, 0.1) is 5.92 Å². The molecule has 14 nitrogen and oxygen atoms in total. The Hall–Kier alpha value is -3.34. The fraction of sp³-hybridized carbons (Fsp3) is 0.656. The highest BCUT2D eigenvalue weighted by molar-refractivity contribution is 7.89. The van der Waals surface area contributed by atoms with Crippen LogP contribution in [0.2, 0.25) is 25.7 Å². The number of benzene rings is 1. The molecule has 3 amide bonds. The summed E-state index contributed by atoms with van der Waals surface area (Å²) in [6.45, 7) is 8.42. The number of likely N-dealkylation sites (N-methyl/N-ethyl adjacent to an activating group) is 2. The van der Waals surface area contributed by atoms with Crippen LogP contribution in [0.4, 0.5) is 0 Å². The molecule has 270 valence electrons. The van der Waals surface area contributed by atoms with E-state index in [4.69, 9.17) is 15.2 Å². The van der Waals surface area contributed by atoms with Gasteiger partial charge in [-0.15, -0.1) is 0 Å². The molecule has 0 bridgehead atoms. The van der Waals surface area contributed by atoms with Crippen LogP contribution in [-0.2, 0) is 50.1 Å². The van der Waals surface area contributed by atoms with E-state index in [2.05, 4.69) is 4.72 Å². The Bertz CT molecular complexity index is 1370. The van der Waals surface area contributed by atoms with Gasteiger partial charge >= 0.3 is 11.9 Å². The van der Waals surface area contributed by atoms with Gasteiger partial charge in [-0.3, -0.25) is 14.4 Å². The number of likely N-dealkylation sites (tertiary alicyclic amines) is 1. The zero-order valence-electron chi connectivity index (χ0n) is 29.3. The third-order valence-corrected chi connectivity index (χ3v) is 11.6. The molecule has 1 heterocycles. The van der Waals surface area contributed by atoms with Crippen molar-refractivity contribution in [1.29, 1.82) is 0 Å². The van der Waals surface area contributed by atoms with Crippen LogP contribution in [0.25, 0.3) is 0 Å². The van der Waals surface area contributed by atoms with Gasteiger partial charge in [-0.2, -0.15) is 4.72 Å². The Kier molecular flexibility index (Phi) is 15.7. The van der Waals surface area contributed by atoms with Crippen LogP contribution in [-0.4, -0.2) is 125 Å². The van der Waals surface area contributed by atoms with Gasteiger partial charge in [0, 0.05) is 28.7 Å². The first-order chi connectivity index (χ1) is 22.4. The summed E-state index contributed by atoms with van der Waals surface area (Å²) in [4.78, 5) is 69.1. The standard InChI is InChI=1S/C32H53N5O9SSi/c1-23(2)29(36(4)28(39)20-35(3)27(38)19-33)32(42)46-22-25(34-47(43,44)17-18-48(5,6)7)30(40)37-16-12-11-15-26(37)31(41)45-21-24-13-9-8-10-14-24/h8-10,13-14,23,25-26,29,34H,11-12,15-22,33H2,1-7H3/t25-,26+,29+/m1/s1. The van der Waals surface area contributed by atoms with Gasteiger partial charge in [-0.1, -0.05) is 63.8 Å². The van der Waals surface area contributed by atoms with Crippen LogP contribution in [0.3, 0.4) is 0 Å². The molecule has 0 radical (unpaired) electrons. The molecule has 1 fully saturated rings. The lowest BCUT2D eigenvalue weighted by Crippen LogP contribution is -2.58. The molecule has 0 unspecified atom stereocenters. The Balaban J connectivity index is 2.29. The normalized spacial score (nSPS) is 16.5. The molecule has 0 saturated carbocycles. The fourth-order valence-corrected chi connectivity index (χ4v) is 9.42. The first-order valence-corrected chi connectivity index (χ1v) is 21.6. The highest BCUT2D eigenvalue weighted by atomic mass is 32.2. The van der Waals surface area contributed by atoms with E-state index in [1.807, 2.05) is 50.0 Å². The van der Waals surface area contributed by atoms with E-state index in [0.717, 1.165) is 15.4 Å². The number of nitrogens with zero attached hydrogens (tertiary/aromatic N) is 3. The average Bonchev–Trinajstić information content (AvgIpc) is 3.03. The zero-order chi connectivity index (χ0) is 36.2. The average molecular weight is 712 g/mol. The molecule has 48 heavy (non-hydrogen) atoms. The summed E-state index contributed by atoms with van der Waals surface area (Å²) in [5, 5.41) is 0. The maximum absolute atomic E-state index is 14.0. The Morgan fingerprint density at radius 2 is 1.67 bits per heavy atom. The van der Waals surface area contributed by atoms with Crippen molar-refractivity contribution < 1.29 is 41.9 Å². The van der Waals surface area contributed by atoms with E-state index in [0.29, 0.717) is 25.3 Å². The van der Waals surface area contributed by atoms with Gasteiger partial charge in [0.05, 0.1) is 18.8 Å². The number of carbonyl (C=O) groups excluding carboxylic acids is 5. The number of hydrogen-bond donors (Lipinski definition) is 2. The van der Waals surface area contributed by atoms with Gasteiger partial charge in [-0.25, -0.2) is 18.0 Å². The molecule has 1 aliphatic heterocycles. The zero-order valence-corrected chi connectivity index (χ0v) is 31.1. The maximum atomic E-state index is 14.0. The number of nitrogens with two attached hydrogens (primary N) is 1. The molecule has 2 rings (SSSR count). The van der Waals surface area contributed by atoms with Crippen molar-refractivity contribution >= 4 is 47.8 Å². The Morgan fingerprint density at radius 3 is 2.25 bits per heavy atom. The molecule has 0 aromatic heterocycles. The number of hydrogen-bond acceptors (Lipinski definition) is 10. The largest absolute Gasteiger partial charge is 0.462 e. The van der Waals surface area contributed by atoms with Crippen LogP contribution < -0.4 is 10.5 Å². The van der Waals surface area contributed by atoms with Crippen LogP contribution in [0.1, 0.15) is 38.7 Å². The van der Waals surface area contributed by atoms with E-state index in [1.165, 1.54) is 19.0 Å². The quantitative estimate of drug-likeness (QED) is 0.176. The fourth-order valence-electron chi connectivity index (χ4n) is 5.18. The Labute approximate surface area is 285 Å². The second-order valence-corrected chi connectivity index (χ2v) is 21.2. The van der Waals surface area contributed by atoms with Gasteiger partial charge in [0.25, 0.3) is 0 Å². The number of carbonyl (C=O) groups is 5. The maximum Gasteiger partial charge on any atom is 0.329 e. The van der Waals surface area contributed by atoms with E-state index in [1.54, 1.807) is 13.8 Å². The highest BCUT2D eigenvalue weighted by Crippen LogP contribution is 2.21. The predicted octanol–water partition coefficient (Wildman–Crippen LogP) is 1.18. The third kappa shape index (κ3) is 12.9. The lowest BCUT2D eigenvalue weighted by atomic mass is 10.0. The summed E-state index contributed by atoms with van der Waals surface area (Å²) in [5.74, 6) is -3.83. The van der Waals surface area contributed by atoms with E-state index in [9.17, 15) is 32.4 Å². The molecule has 1 aliphatic rings. The van der Waals surface area contributed by atoms with Crippen LogP contribution in [0.5, 0.6) is 0 Å². The van der Waals surface area contributed by atoms with Crippen LogP contribution in [0.15, 0.2) is 30.3 Å². The number of rotatable bonds is 17. The third-order valence-electron chi connectivity index (χ3n) is 8.07. The molecule has 1 aromatic rings. The van der Waals surface area contributed by atoms with Crippen molar-refractivity contribution in [3.05, 3.63) is 35.9 Å². The number of piperidine rings is 1. The van der Waals surface area contributed by atoms with E-state index in [-0.39, 0.29) is 32.0 Å². The minimum Gasteiger partial charge on any atom is -0.462 e.